The van der Waals surface area contributed by atoms with Crippen LogP contribution < -0.4 is 15.4 Å². The van der Waals surface area contributed by atoms with E-state index in [2.05, 4.69) is 39.4 Å². The SMILES string of the molecule is CC(C)c1ccc2c(Nc3cc(NC(=O)c4ccccc4)ccc3Oc3ccccc3)ncnc2n1. The van der Waals surface area contributed by atoms with Crippen LogP contribution in [-0.4, -0.2) is 20.9 Å². The number of ether oxygens (including phenoxy) is 1. The lowest BCUT2D eigenvalue weighted by Crippen LogP contribution is -2.12. The molecule has 0 fully saturated rings. The highest BCUT2D eigenvalue weighted by molar-refractivity contribution is 6.04. The lowest BCUT2D eigenvalue weighted by atomic mass is 10.1. The van der Waals surface area contributed by atoms with Gasteiger partial charge in [0.2, 0.25) is 0 Å². The highest BCUT2D eigenvalue weighted by Gasteiger charge is 2.14. The summed E-state index contributed by atoms with van der Waals surface area (Å²) in [5.41, 5.74) is 3.40. The standard InChI is InChI=1S/C29H25N5O2/c1-19(2)24-15-14-23-27(33-24)30-18-31-28(23)34-25-17-21(32-29(35)20-9-5-3-6-10-20)13-16-26(25)36-22-11-7-4-8-12-22/h3-19H,1-2H3,(H,32,35)(H,30,31,33,34). The normalized spacial score (nSPS) is 10.9. The number of hydrogen-bond acceptors (Lipinski definition) is 6. The van der Waals surface area contributed by atoms with Crippen molar-refractivity contribution >= 4 is 34.1 Å². The molecule has 0 atom stereocenters. The molecule has 0 unspecified atom stereocenters. The van der Waals surface area contributed by atoms with Crippen molar-refractivity contribution in [3.63, 3.8) is 0 Å². The number of nitrogens with zero attached hydrogens (tertiary/aromatic N) is 3. The number of fused-ring (bicyclic) bond motifs is 1. The molecule has 2 heterocycles. The van der Waals surface area contributed by atoms with Gasteiger partial charge in [0.1, 0.15) is 17.9 Å². The Morgan fingerprint density at radius 1 is 0.861 bits per heavy atom. The Balaban J connectivity index is 1.51. The number of rotatable bonds is 7. The van der Waals surface area contributed by atoms with Crippen LogP contribution in [0.1, 0.15) is 35.8 Å². The third-order valence-corrected chi connectivity index (χ3v) is 5.61. The monoisotopic (exact) mass is 475 g/mol. The van der Waals surface area contributed by atoms with Gasteiger partial charge in [-0.25, -0.2) is 15.0 Å². The van der Waals surface area contributed by atoms with E-state index in [9.17, 15) is 4.79 Å². The first-order valence-corrected chi connectivity index (χ1v) is 11.7. The van der Waals surface area contributed by atoms with Gasteiger partial charge in [0.25, 0.3) is 5.91 Å². The van der Waals surface area contributed by atoms with Gasteiger partial charge in [-0.1, -0.05) is 50.2 Å². The number of anilines is 3. The topological polar surface area (TPSA) is 89.0 Å². The molecule has 0 radical (unpaired) electrons. The summed E-state index contributed by atoms with van der Waals surface area (Å²) in [6, 6.07) is 28.0. The number of carbonyl (C=O) groups is 1. The first-order valence-electron chi connectivity index (χ1n) is 11.7. The van der Waals surface area contributed by atoms with Crippen LogP contribution in [-0.2, 0) is 0 Å². The summed E-state index contributed by atoms with van der Waals surface area (Å²) in [4.78, 5) is 26.2. The van der Waals surface area contributed by atoms with Gasteiger partial charge in [0.05, 0.1) is 11.1 Å². The van der Waals surface area contributed by atoms with Gasteiger partial charge in [0, 0.05) is 16.9 Å². The number of amides is 1. The lowest BCUT2D eigenvalue weighted by Gasteiger charge is -2.16. The van der Waals surface area contributed by atoms with E-state index in [-0.39, 0.29) is 11.8 Å². The van der Waals surface area contributed by atoms with Crippen LogP contribution in [0.3, 0.4) is 0 Å². The smallest absolute Gasteiger partial charge is 0.255 e. The molecule has 5 rings (SSSR count). The average Bonchev–Trinajstić information content (AvgIpc) is 2.91. The molecular weight excluding hydrogens is 450 g/mol. The summed E-state index contributed by atoms with van der Waals surface area (Å²) in [7, 11) is 0. The molecule has 5 aromatic rings. The second-order valence-corrected chi connectivity index (χ2v) is 8.56. The zero-order valence-electron chi connectivity index (χ0n) is 20.0. The van der Waals surface area contributed by atoms with Gasteiger partial charge >= 0.3 is 0 Å². The molecule has 2 N–H and O–H groups in total. The molecule has 178 valence electrons. The van der Waals surface area contributed by atoms with Gasteiger partial charge in [0.15, 0.2) is 11.4 Å². The second-order valence-electron chi connectivity index (χ2n) is 8.56. The Labute approximate surface area is 209 Å². The number of pyridine rings is 1. The van der Waals surface area contributed by atoms with Crippen LogP contribution in [0.2, 0.25) is 0 Å². The van der Waals surface area contributed by atoms with Crippen molar-refractivity contribution in [2.75, 3.05) is 10.6 Å². The van der Waals surface area contributed by atoms with Crippen LogP contribution >= 0.6 is 0 Å². The highest BCUT2D eigenvalue weighted by atomic mass is 16.5. The Morgan fingerprint density at radius 2 is 1.61 bits per heavy atom. The molecule has 0 aliphatic heterocycles. The number of carbonyl (C=O) groups excluding carboxylic acids is 1. The summed E-state index contributed by atoms with van der Waals surface area (Å²) >= 11 is 0. The minimum absolute atomic E-state index is 0.198. The van der Waals surface area contributed by atoms with Gasteiger partial charge in [-0.05, 0) is 60.5 Å². The first-order chi connectivity index (χ1) is 17.6. The fourth-order valence-electron chi connectivity index (χ4n) is 3.71. The summed E-state index contributed by atoms with van der Waals surface area (Å²) in [5.74, 6) is 1.95. The van der Waals surface area contributed by atoms with Crippen molar-refractivity contribution < 1.29 is 9.53 Å². The molecule has 0 spiro atoms. The van der Waals surface area contributed by atoms with Gasteiger partial charge in [-0.3, -0.25) is 4.79 Å². The number of hydrogen-bond donors (Lipinski definition) is 2. The number of nitrogens with one attached hydrogen (secondary N) is 2. The fraction of sp³-hybridized carbons (Fsp3) is 0.103. The maximum absolute atomic E-state index is 12.7. The van der Waals surface area contributed by atoms with E-state index < -0.39 is 0 Å². The predicted molar refractivity (Wildman–Crippen MR) is 142 cm³/mol. The van der Waals surface area contributed by atoms with Crippen LogP contribution in [0, 0.1) is 0 Å². The summed E-state index contributed by atoms with van der Waals surface area (Å²) < 4.78 is 6.15. The van der Waals surface area contributed by atoms with E-state index in [1.807, 2.05) is 72.8 Å². The molecule has 1 amide bonds. The van der Waals surface area contributed by atoms with Crippen molar-refractivity contribution in [3.8, 4) is 11.5 Å². The van der Waals surface area contributed by atoms with E-state index in [0.29, 0.717) is 39.9 Å². The van der Waals surface area contributed by atoms with E-state index in [4.69, 9.17) is 4.74 Å². The molecular formula is C29H25N5O2. The third-order valence-electron chi connectivity index (χ3n) is 5.61. The van der Waals surface area contributed by atoms with E-state index in [1.54, 1.807) is 18.2 Å². The molecule has 3 aromatic carbocycles. The molecule has 0 bridgehead atoms. The minimum Gasteiger partial charge on any atom is -0.455 e. The van der Waals surface area contributed by atoms with Crippen molar-refractivity contribution in [1.29, 1.82) is 0 Å². The zero-order chi connectivity index (χ0) is 24.9. The van der Waals surface area contributed by atoms with Gasteiger partial charge < -0.3 is 15.4 Å². The first kappa shape index (κ1) is 23.0. The molecule has 0 saturated heterocycles. The van der Waals surface area contributed by atoms with Crippen molar-refractivity contribution in [2.24, 2.45) is 0 Å². The molecule has 2 aromatic heterocycles. The van der Waals surface area contributed by atoms with Crippen molar-refractivity contribution in [2.45, 2.75) is 19.8 Å². The molecule has 0 saturated carbocycles. The summed E-state index contributed by atoms with van der Waals surface area (Å²) in [6.07, 6.45) is 1.49. The van der Waals surface area contributed by atoms with E-state index >= 15 is 0 Å². The van der Waals surface area contributed by atoms with Crippen LogP contribution in [0.15, 0.2) is 97.3 Å². The Hall–Kier alpha value is -4.78. The number of benzene rings is 3. The predicted octanol–water partition coefficient (Wildman–Crippen LogP) is 6.94. The summed E-state index contributed by atoms with van der Waals surface area (Å²) in [6.45, 7) is 4.19. The summed E-state index contributed by atoms with van der Waals surface area (Å²) in [5, 5.41) is 7.11. The maximum Gasteiger partial charge on any atom is 0.255 e. The highest BCUT2D eigenvalue weighted by Crippen LogP contribution is 2.35. The minimum atomic E-state index is -0.198. The largest absolute Gasteiger partial charge is 0.455 e. The Bertz CT molecular complexity index is 1500. The third kappa shape index (κ3) is 5.15. The van der Waals surface area contributed by atoms with Gasteiger partial charge in [-0.15, -0.1) is 0 Å². The average molecular weight is 476 g/mol. The second kappa shape index (κ2) is 10.2. The molecule has 7 heteroatoms. The zero-order valence-corrected chi connectivity index (χ0v) is 20.0. The van der Waals surface area contributed by atoms with Crippen LogP contribution in [0.25, 0.3) is 11.0 Å². The fourth-order valence-corrected chi connectivity index (χ4v) is 3.71. The molecule has 0 aliphatic rings. The Morgan fingerprint density at radius 3 is 2.36 bits per heavy atom. The van der Waals surface area contributed by atoms with Gasteiger partial charge in [-0.2, -0.15) is 0 Å². The maximum atomic E-state index is 12.7. The van der Waals surface area contributed by atoms with Crippen LogP contribution in [0.5, 0.6) is 11.5 Å². The van der Waals surface area contributed by atoms with E-state index in [1.165, 1.54) is 6.33 Å². The quantitative estimate of drug-likeness (QED) is 0.265. The molecule has 0 aliphatic carbocycles. The number of aromatic nitrogens is 3. The number of para-hydroxylation sites is 1. The lowest BCUT2D eigenvalue weighted by molar-refractivity contribution is 0.102. The Kier molecular flexibility index (Phi) is 6.53. The van der Waals surface area contributed by atoms with Crippen molar-refractivity contribution in [3.05, 3.63) is 109 Å². The van der Waals surface area contributed by atoms with Crippen molar-refractivity contribution in [1.82, 2.24) is 15.0 Å². The van der Waals surface area contributed by atoms with Crippen LogP contribution in [0.4, 0.5) is 17.2 Å². The molecule has 7 nitrogen and oxygen atoms in total. The molecule has 36 heavy (non-hydrogen) atoms. The van der Waals surface area contributed by atoms with E-state index in [0.717, 1.165) is 11.1 Å².